The molecule has 1 atom stereocenters. The van der Waals surface area contributed by atoms with E-state index in [-0.39, 0.29) is 23.2 Å². The second kappa shape index (κ2) is 11.7. The molecule has 0 radical (unpaired) electrons. The summed E-state index contributed by atoms with van der Waals surface area (Å²) < 4.78 is 5.21. The van der Waals surface area contributed by atoms with E-state index in [1.165, 1.54) is 0 Å². The van der Waals surface area contributed by atoms with Crippen molar-refractivity contribution in [2.45, 2.75) is 31.7 Å². The molecule has 0 aromatic heterocycles. The quantitative estimate of drug-likeness (QED) is 0.310. The Hall–Kier alpha value is -3.58. The Labute approximate surface area is 209 Å². The predicted molar refractivity (Wildman–Crippen MR) is 138 cm³/mol. The Morgan fingerprint density at radius 1 is 0.971 bits per heavy atom. The number of amides is 2. The van der Waals surface area contributed by atoms with E-state index in [0.29, 0.717) is 35.7 Å². The molecule has 4 rings (SSSR count). The third-order valence-corrected chi connectivity index (χ3v) is 6.99. The number of carbonyl (C=O) groups is 3. The molecule has 1 heterocycles. The highest BCUT2D eigenvalue weighted by atomic mass is 32.2. The number of carbonyl (C=O) groups excluding carboxylic acids is 3. The average molecular weight is 489 g/mol. The summed E-state index contributed by atoms with van der Waals surface area (Å²) in [6, 6.07) is 23.9. The van der Waals surface area contributed by atoms with E-state index in [2.05, 4.69) is 5.32 Å². The SMILES string of the molecule is CCCCOC(=O)c1ccc(NC(=O)c2ccc([C@@H]3SCC(=O)N3Cc3ccccc3)cc2)cc1. The van der Waals surface area contributed by atoms with Crippen LogP contribution in [-0.4, -0.2) is 35.0 Å². The molecule has 3 aromatic carbocycles. The van der Waals surface area contributed by atoms with Crippen LogP contribution in [-0.2, 0) is 16.1 Å². The van der Waals surface area contributed by atoms with Crippen molar-refractivity contribution in [2.75, 3.05) is 17.7 Å². The van der Waals surface area contributed by atoms with Crippen molar-refractivity contribution < 1.29 is 19.1 Å². The van der Waals surface area contributed by atoms with Gasteiger partial charge in [0.15, 0.2) is 0 Å². The number of rotatable bonds is 9. The van der Waals surface area contributed by atoms with Crippen LogP contribution in [0.3, 0.4) is 0 Å². The molecule has 0 spiro atoms. The highest BCUT2D eigenvalue weighted by Crippen LogP contribution is 2.39. The van der Waals surface area contributed by atoms with Gasteiger partial charge in [0.1, 0.15) is 5.37 Å². The van der Waals surface area contributed by atoms with E-state index in [1.54, 1.807) is 48.2 Å². The summed E-state index contributed by atoms with van der Waals surface area (Å²) in [5, 5.41) is 2.77. The molecule has 0 aliphatic carbocycles. The Bertz CT molecular complexity index is 1160. The predicted octanol–water partition coefficient (Wildman–Crippen LogP) is 5.67. The Morgan fingerprint density at radius 2 is 1.66 bits per heavy atom. The lowest BCUT2D eigenvalue weighted by Crippen LogP contribution is -2.27. The molecule has 0 unspecified atom stereocenters. The van der Waals surface area contributed by atoms with Gasteiger partial charge < -0.3 is 15.0 Å². The van der Waals surface area contributed by atoms with Crippen molar-refractivity contribution in [2.24, 2.45) is 0 Å². The van der Waals surface area contributed by atoms with Crippen molar-refractivity contribution in [1.29, 1.82) is 0 Å². The van der Waals surface area contributed by atoms with Crippen LogP contribution in [0.15, 0.2) is 78.9 Å². The summed E-state index contributed by atoms with van der Waals surface area (Å²) in [6.07, 6.45) is 1.79. The van der Waals surface area contributed by atoms with Crippen LogP contribution >= 0.6 is 11.8 Å². The minimum Gasteiger partial charge on any atom is -0.462 e. The van der Waals surface area contributed by atoms with Gasteiger partial charge in [-0.2, -0.15) is 0 Å². The van der Waals surface area contributed by atoms with E-state index in [4.69, 9.17) is 4.74 Å². The van der Waals surface area contributed by atoms with Crippen molar-refractivity contribution in [3.8, 4) is 0 Å². The first kappa shape index (κ1) is 24.5. The highest BCUT2D eigenvalue weighted by molar-refractivity contribution is 8.00. The molecule has 1 aliphatic heterocycles. The molecule has 1 fully saturated rings. The van der Waals surface area contributed by atoms with Crippen LogP contribution in [0.5, 0.6) is 0 Å². The van der Waals surface area contributed by atoms with Crippen LogP contribution in [0.25, 0.3) is 0 Å². The van der Waals surface area contributed by atoms with Gasteiger partial charge in [-0.1, -0.05) is 55.8 Å². The third-order valence-electron chi connectivity index (χ3n) is 5.73. The zero-order chi connectivity index (χ0) is 24.6. The highest BCUT2D eigenvalue weighted by Gasteiger charge is 2.32. The van der Waals surface area contributed by atoms with Crippen LogP contribution in [0, 0.1) is 0 Å². The van der Waals surface area contributed by atoms with Gasteiger partial charge in [0.2, 0.25) is 5.91 Å². The second-order valence-corrected chi connectivity index (χ2v) is 9.38. The zero-order valence-electron chi connectivity index (χ0n) is 19.6. The number of nitrogens with zero attached hydrogens (tertiary/aromatic N) is 1. The monoisotopic (exact) mass is 488 g/mol. The lowest BCUT2D eigenvalue weighted by molar-refractivity contribution is -0.128. The second-order valence-electron chi connectivity index (χ2n) is 8.31. The number of benzene rings is 3. The summed E-state index contributed by atoms with van der Waals surface area (Å²) in [5.41, 5.74) is 3.63. The molecule has 1 saturated heterocycles. The molecule has 2 amide bonds. The molecule has 0 saturated carbocycles. The zero-order valence-corrected chi connectivity index (χ0v) is 20.4. The fourth-order valence-corrected chi connectivity index (χ4v) is 4.95. The minimum absolute atomic E-state index is 0.0792. The van der Waals surface area contributed by atoms with Gasteiger partial charge in [-0.25, -0.2) is 4.79 Å². The smallest absolute Gasteiger partial charge is 0.338 e. The number of esters is 1. The fourth-order valence-electron chi connectivity index (χ4n) is 3.77. The van der Waals surface area contributed by atoms with Gasteiger partial charge >= 0.3 is 5.97 Å². The standard InChI is InChI=1S/C28H28N2O4S/c1-2-3-17-34-28(33)23-13-15-24(16-14-23)29-26(32)21-9-11-22(12-10-21)27-30(25(31)19-35-27)18-20-7-5-4-6-8-20/h4-16,27H,2-3,17-19H2,1H3,(H,29,32)/t27-/m0/s1. The molecule has 3 aromatic rings. The van der Waals surface area contributed by atoms with E-state index in [0.717, 1.165) is 24.0 Å². The van der Waals surface area contributed by atoms with Crippen LogP contribution in [0.2, 0.25) is 0 Å². The minimum atomic E-state index is -0.364. The Kier molecular flexibility index (Phi) is 8.21. The summed E-state index contributed by atoms with van der Waals surface area (Å²) in [5.74, 6) is -0.0482. The average Bonchev–Trinajstić information content (AvgIpc) is 3.25. The molecule has 180 valence electrons. The summed E-state index contributed by atoms with van der Waals surface area (Å²) in [6.45, 7) is 3.00. The van der Waals surface area contributed by atoms with E-state index < -0.39 is 0 Å². The van der Waals surface area contributed by atoms with Crippen molar-refractivity contribution in [1.82, 2.24) is 4.90 Å². The molecular weight excluding hydrogens is 460 g/mol. The number of ether oxygens (including phenoxy) is 1. The molecule has 7 heteroatoms. The number of nitrogens with one attached hydrogen (secondary N) is 1. The summed E-state index contributed by atoms with van der Waals surface area (Å²) >= 11 is 1.60. The Morgan fingerprint density at radius 3 is 2.34 bits per heavy atom. The maximum Gasteiger partial charge on any atom is 0.338 e. The van der Waals surface area contributed by atoms with Crippen molar-refractivity contribution in [3.05, 3.63) is 101 Å². The maximum absolute atomic E-state index is 12.7. The van der Waals surface area contributed by atoms with Gasteiger partial charge in [-0.05, 0) is 53.9 Å². The first-order valence-electron chi connectivity index (χ1n) is 11.7. The summed E-state index contributed by atoms with van der Waals surface area (Å²) in [4.78, 5) is 39.1. The lowest BCUT2D eigenvalue weighted by Gasteiger charge is -2.24. The van der Waals surface area contributed by atoms with E-state index >= 15 is 0 Å². The normalized spacial score (nSPS) is 15.2. The molecule has 1 aliphatic rings. The Balaban J connectivity index is 1.37. The topological polar surface area (TPSA) is 75.7 Å². The molecule has 0 bridgehead atoms. The van der Waals surface area contributed by atoms with Crippen LogP contribution in [0.4, 0.5) is 5.69 Å². The molecular formula is C28H28N2O4S. The third kappa shape index (κ3) is 6.31. The van der Waals surface area contributed by atoms with E-state index in [9.17, 15) is 14.4 Å². The number of anilines is 1. The number of hydrogen-bond donors (Lipinski definition) is 1. The maximum atomic E-state index is 12.7. The van der Waals surface area contributed by atoms with E-state index in [1.807, 2.05) is 54.3 Å². The molecule has 1 N–H and O–H groups in total. The van der Waals surface area contributed by atoms with Gasteiger partial charge in [-0.15, -0.1) is 11.8 Å². The molecule has 6 nitrogen and oxygen atoms in total. The number of thioether (sulfide) groups is 1. The van der Waals surface area contributed by atoms with Gasteiger partial charge in [0.25, 0.3) is 5.91 Å². The fraction of sp³-hybridized carbons (Fsp3) is 0.250. The van der Waals surface area contributed by atoms with Crippen molar-refractivity contribution >= 4 is 35.2 Å². The largest absolute Gasteiger partial charge is 0.462 e. The van der Waals surface area contributed by atoms with Crippen molar-refractivity contribution in [3.63, 3.8) is 0 Å². The first-order chi connectivity index (χ1) is 17.0. The number of unbranched alkanes of at least 4 members (excludes halogenated alkanes) is 1. The van der Waals surface area contributed by atoms with Crippen LogP contribution < -0.4 is 5.32 Å². The number of hydrogen-bond acceptors (Lipinski definition) is 5. The first-order valence-corrected chi connectivity index (χ1v) is 12.7. The summed E-state index contributed by atoms with van der Waals surface area (Å²) in [7, 11) is 0. The van der Waals surface area contributed by atoms with Gasteiger partial charge in [0.05, 0.1) is 17.9 Å². The van der Waals surface area contributed by atoms with Crippen LogP contribution in [0.1, 0.15) is 57.0 Å². The van der Waals surface area contributed by atoms with Gasteiger partial charge in [0, 0.05) is 17.8 Å². The molecule has 35 heavy (non-hydrogen) atoms. The lowest BCUT2D eigenvalue weighted by atomic mass is 10.1. The van der Waals surface area contributed by atoms with Gasteiger partial charge in [-0.3, -0.25) is 9.59 Å².